The maximum atomic E-state index is 12.6. The van der Waals surface area contributed by atoms with Gasteiger partial charge in [-0.3, -0.25) is 14.6 Å². The van der Waals surface area contributed by atoms with Crippen LogP contribution >= 0.6 is 0 Å². The second-order valence-corrected chi connectivity index (χ2v) is 6.61. The summed E-state index contributed by atoms with van der Waals surface area (Å²) in [6, 6.07) is 1.66. The minimum atomic E-state index is -0.163. The Kier molecular flexibility index (Phi) is 6.56. The van der Waals surface area contributed by atoms with E-state index in [-0.39, 0.29) is 11.8 Å². The smallest absolute Gasteiger partial charge is 0.255 e. The fraction of sp³-hybridized carbons (Fsp3) is 0.611. The summed E-state index contributed by atoms with van der Waals surface area (Å²) in [4.78, 5) is 30.7. The van der Waals surface area contributed by atoms with E-state index in [0.29, 0.717) is 23.6 Å². The molecule has 2 heterocycles. The van der Waals surface area contributed by atoms with Crippen molar-refractivity contribution < 1.29 is 9.59 Å². The van der Waals surface area contributed by atoms with Crippen molar-refractivity contribution in [3.8, 4) is 0 Å². The number of carbonyl (C=O) groups is 2. The molecule has 1 aliphatic rings. The van der Waals surface area contributed by atoms with E-state index in [2.05, 4.69) is 24.1 Å². The number of carbonyl (C=O) groups excluding carboxylic acids is 2. The van der Waals surface area contributed by atoms with E-state index in [1.165, 1.54) is 19.0 Å². The summed E-state index contributed by atoms with van der Waals surface area (Å²) in [5.41, 5.74) is 0.956. The van der Waals surface area contributed by atoms with E-state index in [9.17, 15) is 9.59 Å². The van der Waals surface area contributed by atoms with Crippen molar-refractivity contribution >= 4 is 11.8 Å². The summed E-state index contributed by atoms with van der Waals surface area (Å²) < 4.78 is 0. The Bertz CT molecular complexity index is 535. The zero-order valence-electron chi connectivity index (χ0n) is 14.2. The summed E-state index contributed by atoms with van der Waals surface area (Å²) in [6.07, 6.45) is 8.47. The molecule has 0 aromatic carbocycles. The van der Waals surface area contributed by atoms with Gasteiger partial charge in [0.05, 0.1) is 11.1 Å². The Labute approximate surface area is 138 Å². The largest absolute Gasteiger partial charge is 0.352 e. The van der Waals surface area contributed by atoms with Crippen LogP contribution in [-0.4, -0.2) is 41.3 Å². The fourth-order valence-corrected chi connectivity index (χ4v) is 2.71. The zero-order valence-corrected chi connectivity index (χ0v) is 14.2. The molecule has 0 atom stereocenters. The Morgan fingerprint density at radius 2 is 1.78 bits per heavy atom. The molecule has 126 valence electrons. The van der Waals surface area contributed by atoms with Crippen molar-refractivity contribution in [2.45, 2.75) is 46.0 Å². The number of amides is 2. The molecule has 5 heteroatoms. The maximum absolute atomic E-state index is 12.6. The van der Waals surface area contributed by atoms with Crippen LogP contribution in [0.1, 0.15) is 66.7 Å². The molecular formula is C18H27N3O2. The minimum Gasteiger partial charge on any atom is -0.352 e. The Balaban J connectivity index is 2.00. The summed E-state index contributed by atoms with van der Waals surface area (Å²) in [7, 11) is 0. The maximum Gasteiger partial charge on any atom is 0.255 e. The normalized spacial score (nSPS) is 15.3. The highest BCUT2D eigenvalue weighted by atomic mass is 16.2. The molecule has 0 radical (unpaired) electrons. The molecule has 0 unspecified atom stereocenters. The lowest BCUT2D eigenvalue weighted by Crippen LogP contribution is -2.32. The van der Waals surface area contributed by atoms with Crippen LogP contribution < -0.4 is 5.32 Å². The average Bonchev–Trinajstić information content (AvgIpc) is 2.83. The van der Waals surface area contributed by atoms with E-state index < -0.39 is 0 Å². The van der Waals surface area contributed by atoms with Gasteiger partial charge < -0.3 is 10.2 Å². The van der Waals surface area contributed by atoms with E-state index in [0.717, 1.165) is 32.4 Å². The molecule has 23 heavy (non-hydrogen) atoms. The highest BCUT2D eigenvalue weighted by Gasteiger charge is 2.18. The summed E-state index contributed by atoms with van der Waals surface area (Å²) in [5.74, 6) is 0.365. The highest BCUT2D eigenvalue weighted by Crippen LogP contribution is 2.14. The Hall–Kier alpha value is -1.91. The number of hydrogen-bond donors (Lipinski definition) is 1. The van der Waals surface area contributed by atoms with Crippen LogP contribution in [0.25, 0.3) is 0 Å². The lowest BCUT2D eigenvalue weighted by molar-refractivity contribution is 0.0761. The molecular weight excluding hydrogens is 290 g/mol. The van der Waals surface area contributed by atoms with Gasteiger partial charge in [0, 0.05) is 32.0 Å². The molecule has 1 aliphatic heterocycles. The second-order valence-electron chi connectivity index (χ2n) is 6.61. The number of aromatic nitrogens is 1. The lowest BCUT2D eigenvalue weighted by Gasteiger charge is -2.20. The number of pyridine rings is 1. The Morgan fingerprint density at radius 3 is 2.43 bits per heavy atom. The molecule has 5 nitrogen and oxygen atoms in total. The SMILES string of the molecule is CC(C)CCNC(=O)c1cncc(C(=O)N2CCCCCC2)c1. The number of nitrogens with one attached hydrogen (secondary N) is 1. The van der Waals surface area contributed by atoms with Gasteiger partial charge in [0.25, 0.3) is 11.8 Å². The van der Waals surface area contributed by atoms with Crippen molar-refractivity contribution in [3.63, 3.8) is 0 Å². The van der Waals surface area contributed by atoms with Gasteiger partial charge in [-0.05, 0) is 31.2 Å². The molecule has 1 aromatic heterocycles. The number of nitrogens with zero attached hydrogens (tertiary/aromatic N) is 2. The first kappa shape index (κ1) is 17.4. The summed E-state index contributed by atoms with van der Waals surface area (Å²) in [5, 5.41) is 2.88. The molecule has 2 amide bonds. The molecule has 1 fully saturated rings. The van der Waals surface area contributed by atoms with Crippen LogP contribution in [0.5, 0.6) is 0 Å². The van der Waals surface area contributed by atoms with Crippen LogP contribution in [0.2, 0.25) is 0 Å². The first-order valence-corrected chi connectivity index (χ1v) is 8.60. The lowest BCUT2D eigenvalue weighted by atomic mass is 10.1. The van der Waals surface area contributed by atoms with E-state index >= 15 is 0 Å². The van der Waals surface area contributed by atoms with Gasteiger partial charge in [0.2, 0.25) is 0 Å². The third-order valence-electron chi connectivity index (χ3n) is 4.15. The van der Waals surface area contributed by atoms with Crippen LogP contribution in [0.3, 0.4) is 0 Å². The fourth-order valence-electron chi connectivity index (χ4n) is 2.71. The van der Waals surface area contributed by atoms with Gasteiger partial charge in [-0.2, -0.15) is 0 Å². The highest BCUT2D eigenvalue weighted by molar-refractivity contribution is 5.99. The topological polar surface area (TPSA) is 62.3 Å². The molecule has 0 saturated carbocycles. The third-order valence-corrected chi connectivity index (χ3v) is 4.15. The van der Waals surface area contributed by atoms with Crippen molar-refractivity contribution in [2.75, 3.05) is 19.6 Å². The van der Waals surface area contributed by atoms with Gasteiger partial charge >= 0.3 is 0 Å². The standard InChI is InChI=1S/C18H27N3O2/c1-14(2)7-8-20-17(22)15-11-16(13-19-12-15)18(23)21-9-5-3-4-6-10-21/h11-14H,3-10H2,1-2H3,(H,20,22). The first-order chi connectivity index (χ1) is 11.1. The molecule has 1 N–H and O–H groups in total. The van der Waals surface area contributed by atoms with Crippen molar-refractivity contribution in [3.05, 3.63) is 29.6 Å². The monoisotopic (exact) mass is 317 g/mol. The van der Waals surface area contributed by atoms with E-state index in [1.807, 2.05) is 4.90 Å². The second kappa shape index (κ2) is 8.65. The van der Waals surface area contributed by atoms with E-state index in [1.54, 1.807) is 12.3 Å². The van der Waals surface area contributed by atoms with Gasteiger partial charge in [-0.15, -0.1) is 0 Å². The third kappa shape index (κ3) is 5.34. The number of rotatable bonds is 5. The molecule has 1 aromatic rings. The van der Waals surface area contributed by atoms with Crippen molar-refractivity contribution in [1.29, 1.82) is 0 Å². The van der Waals surface area contributed by atoms with E-state index in [4.69, 9.17) is 0 Å². The molecule has 2 rings (SSSR count). The van der Waals surface area contributed by atoms with Crippen molar-refractivity contribution in [2.24, 2.45) is 5.92 Å². The molecule has 1 saturated heterocycles. The molecule has 0 bridgehead atoms. The predicted octanol–water partition coefficient (Wildman–Crippen LogP) is 2.87. The summed E-state index contributed by atoms with van der Waals surface area (Å²) >= 11 is 0. The van der Waals surface area contributed by atoms with Crippen molar-refractivity contribution in [1.82, 2.24) is 15.2 Å². The van der Waals surface area contributed by atoms with Gasteiger partial charge in [0.15, 0.2) is 0 Å². The average molecular weight is 317 g/mol. The van der Waals surface area contributed by atoms with Crippen LogP contribution in [-0.2, 0) is 0 Å². The number of likely N-dealkylation sites (tertiary alicyclic amines) is 1. The Morgan fingerprint density at radius 1 is 1.13 bits per heavy atom. The van der Waals surface area contributed by atoms with Crippen LogP contribution in [0, 0.1) is 5.92 Å². The first-order valence-electron chi connectivity index (χ1n) is 8.60. The zero-order chi connectivity index (χ0) is 16.7. The van der Waals surface area contributed by atoms with Gasteiger partial charge in [-0.25, -0.2) is 0 Å². The number of hydrogen-bond acceptors (Lipinski definition) is 3. The molecule has 0 aliphatic carbocycles. The summed E-state index contributed by atoms with van der Waals surface area (Å²) in [6.45, 7) is 6.47. The minimum absolute atomic E-state index is 0.0174. The molecule has 0 spiro atoms. The van der Waals surface area contributed by atoms with Crippen LogP contribution in [0.4, 0.5) is 0 Å². The quantitative estimate of drug-likeness (QED) is 0.908. The van der Waals surface area contributed by atoms with Crippen LogP contribution in [0.15, 0.2) is 18.5 Å². The van der Waals surface area contributed by atoms with Gasteiger partial charge in [-0.1, -0.05) is 26.7 Å². The van der Waals surface area contributed by atoms with Gasteiger partial charge in [0.1, 0.15) is 0 Å². The predicted molar refractivity (Wildman–Crippen MR) is 90.4 cm³/mol.